The van der Waals surface area contributed by atoms with Crippen molar-refractivity contribution in [1.82, 2.24) is 0 Å². The molecule has 66 valence electrons. The second-order valence-corrected chi connectivity index (χ2v) is 3.10. The molecule has 0 radical (unpaired) electrons. The highest BCUT2D eigenvalue weighted by molar-refractivity contribution is 7.84. The van der Waals surface area contributed by atoms with Crippen LogP contribution in [0.1, 0.15) is 13.8 Å². The van der Waals surface area contributed by atoms with Crippen molar-refractivity contribution in [3.05, 3.63) is 34.8 Å². The Bertz CT molecular complexity index is 258. The lowest BCUT2D eigenvalue weighted by Crippen LogP contribution is -1.99. The lowest BCUT2D eigenvalue weighted by atomic mass is 10.1. The minimum atomic E-state index is -0.965. The maximum absolute atomic E-state index is 10.6. The zero-order chi connectivity index (χ0) is 9.72. The van der Waals surface area contributed by atoms with Gasteiger partial charge in [0, 0.05) is 0 Å². The van der Waals surface area contributed by atoms with E-state index in [1.54, 1.807) is 19.9 Å². The fourth-order valence-electron chi connectivity index (χ4n) is 0.808. The maximum Gasteiger partial charge on any atom is 0.335 e. The van der Waals surface area contributed by atoms with Crippen molar-refractivity contribution in [2.24, 2.45) is 0 Å². The van der Waals surface area contributed by atoms with Gasteiger partial charge in [-0.2, -0.15) is 0 Å². The van der Waals surface area contributed by atoms with Crippen molar-refractivity contribution >= 4 is 18.6 Å². The van der Waals surface area contributed by atoms with Gasteiger partial charge >= 0.3 is 5.97 Å². The number of carbonyl (C=O) groups is 1. The molecule has 0 amide bonds. The summed E-state index contributed by atoms with van der Waals surface area (Å²) in [6.07, 6.45) is 3.01. The van der Waals surface area contributed by atoms with Gasteiger partial charge in [-0.3, -0.25) is 0 Å². The lowest BCUT2D eigenvalue weighted by molar-refractivity contribution is -0.132. The summed E-state index contributed by atoms with van der Waals surface area (Å²) in [5, 5.41) is 8.67. The molecular weight excluding hydrogens is 172 g/mol. The Morgan fingerprint density at radius 3 is 2.25 bits per heavy atom. The quantitative estimate of drug-likeness (QED) is 0.401. The molecule has 0 aliphatic heterocycles. The lowest BCUT2D eigenvalue weighted by Gasteiger charge is -1.98. The molecule has 0 unspecified atom stereocenters. The number of hydrogen-bond acceptors (Lipinski definition) is 2. The third-order valence-corrected chi connectivity index (χ3v) is 1.41. The van der Waals surface area contributed by atoms with Gasteiger partial charge in [0.25, 0.3) is 0 Å². The largest absolute Gasteiger partial charge is 0.478 e. The first kappa shape index (κ1) is 11.0. The van der Waals surface area contributed by atoms with E-state index in [2.05, 4.69) is 19.2 Å². The molecule has 0 saturated carbocycles. The topological polar surface area (TPSA) is 37.3 Å². The number of carboxylic acid groups (broad SMARTS) is 1. The van der Waals surface area contributed by atoms with Crippen LogP contribution in [-0.2, 0) is 4.79 Å². The van der Waals surface area contributed by atoms with Gasteiger partial charge in [0.2, 0.25) is 0 Å². The van der Waals surface area contributed by atoms with Gasteiger partial charge in [0.1, 0.15) is 0 Å². The van der Waals surface area contributed by atoms with Crippen LogP contribution >= 0.6 is 12.6 Å². The molecule has 0 bridgehead atoms. The Morgan fingerprint density at radius 2 is 2.00 bits per heavy atom. The van der Waals surface area contributed by atoms with E-state index in [9.17, 15) is 4.79 Å². The molecule has 0 aliphatic rings. The van der Waals surface area contributed by atoms with Crippen LogP contribution in [0, 0.1) is 0 Å². The van der Waals surface area contributed by atoms with Gasteiger partial charge in [0.15, 0.2) is 0 Å². The average molecular weight is 184 g/mol. The molecule has 3 heteroatoms. The second kappa shape index (κ2) is 4.83. The van der Waals surface area contributed by atoms with Crippen LogP contribution < -0.4 is 0 Å². The van der Waals surface area contributed by atoms with Gasteiger partial charge in [-0.15, -0.1) is 12.6 Å². The number of carboxylic acids is 1. The van der Waals surface area contributed by atoms with Crippen molar-refractivity contribution in [3.63, 3.8) is 0 Å². The molecule has 2 nitrogen and oxygen atoms in total. The first-order valence-electron chi connectivity index (χ1n) is 3.43. The molecule has 0 aromatic heterocycles. The summed E-state index contributed by atoms with van der Waals surface area (Å²) in [6.45, 7) is 6.92. The second-order valence-electron chi connectivity index (χ2n) is 2.39. The standard InChI is InChI=1S/C9H12O2S/c1-4-8(9(10)11)6(2)5-7(3)12/h4-5,12H,1H2,2-3H3,(H,10,11)/b7-5+,8-6-. The Morgan fingerprint density at radius 1 is 1.50 bits per heavy atom. The number of rotatable bonds is 3. The Kier molecular flexibility index (Phi) is 4.44. The molecule has 0 fully saturated rings. The van der Waals surface area contributed by atoms with E-state index in [4.69, 9.17) is 5.11 Å². The third kappa shape index (κ3) is 3.44. The number of allylic oxidation sites excluding steroid dienone is 3. The SMILES string of the molecule is C=C/C(C(=O)O)=C(C)/C=C(\C)S. The summed E-state index contributed by atoms with van der Waals surface area (Å²) in [6, 6.07) is 0. The van der Waals surface area contributed by atoms with Crippen molar-refractivity contribution in [1.29, 1.82) is 0 Å². The Balaban J connectivity index is 4.98. The predicted octanol–water partition coefficient (Wildman–Crippen LogP) is 2.41. The van der Waals surface area contributed by atoms with Crippen LogP contribution in [0.15, 0.2) is 34.8 Å². The highest BCUT2D eigenvalue weighted by Crippen LogP contribution is 2.11. The maximum atomic E-state index is 10.6. The van der Waals surface area contributed by atoms with Crippen molar-refractivity contribution in [2.45, 2.75) is 13.8 Å². The highest BCUT2D eigenvalue weighted by Gasteiger charge is 2.04. The molecule has 0 spiro atoms. The first-order valence-corrected chi connectivity index (χ1v) is 3.87. The zero-order valence-corrected chi connectivity index (χ0v) is 8.06. The molecule has 12 heavy (non-hydrogen) atoms. The molecule has 1 N–H and O–H groups in total. The first-order chi connectivity index (χ1) is 5.49. The van der Waals surface area contributed by atoms with Gasteiger partial charge in [-0.05, 0) is 30.4 Å². The molecule has 0 atom stereocenters. The molecular formula is C9H12O2S. The third-order valence-electron chi connectivity index (χ3n) is 1.28. The molecule has 0 rings (SSSR count). The summed E-state index contributed by atoms with van der Waals surface area (Å²) in [4.78, 5) is 11.3. The minimum Gasteiger partial charge on any atom is -0.478 e. The average Bonchev–Trinajstić information content (AvgIpc) is 1.85. The van der Waals surface area contributed by atoms with Crippen LogP contribution in [-0.4, -0.2) is 11.1 Å². The monoisotopic (exact) mass is 184 g/mol. The highest BCUT2D eigenvalue weighted by atomic mass is 32.1. The van der Waals surface area contributed by atoms with Crippen LogP contribution in [0.25, 0.3) is 0 Å². The van der Waals surface area contributed by atoms with Gasteiger partial charge in [-0.25, -0.2) is 4.79 Å². The van der Waals surface area contributed by atoms with E-state index in [-0.39, 0.29) is 5.57 Å². The van der Waals surface area contributed by atoms with E-state index in [1.165, 1.54) is 6.08 Å². The fourth-order valence-corrected chi connectivity index (χ4v) is 1.00. The normalized spacial score (nSPS) is 13.8. The fraction of sp³-hybridized carbons (Fsp3) is 0.222. The molecule has 0 aromatic rings. The minimum absolute atomic E-state index is 0.211. The van der Waals surface area contributed by atoms with Gasteiger partial charge in [-0.1, -0.05) is 12.7 Å². The summed E-state index contributed by atoms with van der Waals surface area (Å²) >= 11 is 4.04. The van der Waals surface area contributed by atoms with Crippen LogP contribution in [0.3, 0.4) is 0 Å². The number of thiol groups is 1. The molecule has 0 aliphatic carbocycles. The smallest absolute Gasteiger partial charge is 0.335 e. The summed E-state index contributed by atoms with van der Waals surface area (Å²) < 4.78 is 0. The van der Waals surface area contributed by atoms with Crippen LogP contribution in [0.2, 0.25) is 0 Å². The zero-order valence-electron chi connectivity index (χ0n) is 7.16. The van der Waals surface area contributed by atoms with Gasteiger partial charge < -0.3 is 5.11 Å². The summed E-state index contributed by atoms with van der Waals surface area (Å²) in [5.74, 6) is -0.965. The van der Waals surface area contributed by atoms with Crippen molar-refractivity contribution < 1.29 is 9.90 Å². The Hall–Kier alpha value is -0.960. The van der Waals surface area contributed by atoms with E-state index in [0.29, 0.717) is 5.57 Å². The Labute approximate surface area is 77.7 Å². The number of hydrogen-bond donors (Lipinski definition) is 2. The molecule has 0 aromatic carbocycles. The van der Waals surface area contributed by atoms with Crippen LogP contribution in [0.4, 0.5) is 0 Å². The van der Waals surface area contributed by atoms with Crippen molar-refractivity contribution in [3.8, 4) is 0 Å². The van der Waals surface area contributed by atoms with E-state index >= 15 is 0 Å². The van der Waals surface area contributed by atoms with E-state index in [0.717, 1.165) is 4.91 Å². The van der Waals surface area contributed by atoms with E-state index < -0.39 is 5.97 Å². The van der Waals surface area contributed by atoms with E-state index in [1.807, 2.05) is 0 Å². The number of aliphatic carboxylic acids is 1. The van der Waals surface area contributed by atoms with Crippen LogP contribution in [0.5, 0.6) is 0 Å². The molecule has 0 saturated heterocycles. The predicted molar refractivity (Wildman–Crippen MR) is 53.3 cm³/mol. The molecule has 0 heterocycles. The summed E-state index contributed by atoms with van der Waals surface area (Å²) in [7, 11) is 0. The van der Waals surface area contributed by atoms with Crippen molar-refractivity contribution in [2.75, 3.05) is 0 Å². The van der Waals surface area contributed by atoms with Gasteiger partial charge in [0.05, 0.1) is 5.57 Å². The summed E-state index contributed by atoms with van der Waals surface area (Å²) in [5.41, 5.74) is 0.869.